The lowest BCUT2D eigenvalue weighted by Crippen LogP contribution is -2.60. The van der Waals surface area contributed by atoms with Gasteiger partial charge in [-0.15, -0.1) is 13.2 Å². The summed E-state index contributed by atoms with van der Waals surface area (Å²) in [6, 6.07) is 8.07. The number of carbonyl (C=O) groups is 1. The smallest absolute Gasteiger partial charge is 0.444 e. The monoisotopic (exact) mass is 572 g/mol. The summed E-state index contributed by atoms with van der Waals surface area (Å²) < 4.78 is 48.0. The molecule has 3 N–H and O–H groups in total. The number of aromatic nitrogens is 2. The van der Waals surface area contributed by atoms with E-state index in [-0.39, 0.29) is 46.9 Å². The molecule has 4 fully saturated rings. The first-order chi connectivity index (χ1) is 19.3. The van der Waals surface area contributed by atoms with Crippen LogP contribution in [-0.2, 0) is 11.3 Å². The molecule has 0 radical (unpaired) electrons. The van der Waals surface area contributed by atoms with E-state index in [1.807, 2.05) is 20.8 Å². The molecule has 6 rings (SSSR count). The van der Waals surface area contributed by atoms with Crippen molar-refractivity contribution in [3.8, 4) is 11.8 Å². The Kier molecular flexibility index (Phi) is 7.66. The molecule has 4 bridgehead atoms. The normalized spacial score (nSPS) is 26.7. The average Bonchev–Trinajstić information content (AvgIpc) is 2.87. The van der Waals surface area contributed by atoms with E-state index < -0.39 is 12.0 Å². The molecule has 0 aliphatic heterocycles. The molecule has 12 heteroatoms. The molecule has 0 saturated heterocycles. The molecule has 41 heavy (non-hydrogen) atoms. The van der Waals surface area contributed by atoms with Crippen LogP contribution < -0.4 is 20.7 Å². The lowest BCUT2D eigenvalue weighted by molar-refractivity contribution is -0.274. The number of rotatable bonds is 8. The van der Waals surface area contributed by atoms with E-state index in [4.69, 9.17) is 4.74 Å². The molecular weight excluding hydrogens is 537 g/mol. The Morgan fingerprint density at radius 2 is 1.83 bits per heavy atom. The fraction of sp³-hybridized carbons (Fsp3) is 0.586. The minimum atomic E-state index is -4.80. The third-order valence-electron chi connectivity index (χ3n) is 8.26. The van der Waals surface area contributed by atoms with E-state index in [1.165, 1.54) is 24.4 Å². The number of amides is 1. The van der Waals surface area contributed by atoms with Gasteiger partial charge >= 0.3 is 12.5 Å². The predicted octanol–water partition coefficient (Wildman–Crippen LogP) is 5.99. The Balaban J connectivity index is 1.24. The Labute approximate surface area is 237 Å². The summed E-state index contributed by atoms with van der Waals surface area (Å²) >= 11 is 0. The second kappa shape index (κ2) is 10.9. The summed E-state index contributed by atoms with van der Waals surface area (Å²) in [4.78, 5) is 21.2. The standard InChI is InChI=1S/C29H35F3N6O3/c1-27(2,3)41-26(39)37-23-19-8-17-9-20(23)12-28(10-17,11-19)16-36-24-21(13-33)15-35-25(38-24)34-14-18-6-4-5-7-22(18)40-29(30,31)32/h4-7,15,17,19-20,23H,8-12,14,16H2,1-3H3,(H,37,39)(H2,34,35,36,38). The van der Waals surface area contributed by atoms with Crippen LogP contribution in [0.1, 0.15) is 64.0 Å². The molecule has 4 aliphatic carbocycles. The number of nitriles is 1. The number of hydrogen-bond acceptors (Lipinski definition) is 8. The molecule has 2 unspecified atom stereocenters. The topological polar surface area (TPSA) is 121 Å². The zero-order chi connectivity index (χ0) is 29.4. The number of nitrogens with one attached hydrogen (secondary N) is 3. The van der Waals surface area contributed by atoms with Crippen molar-refractivity contribution < 1.29 is 27.4 Å². The number of anilines is 2. The SMILES string of the molecule is CC(C)(C)OC(=O)NC1C2CC3CC1CC(CNc1nc(NCc4ccccc4OC(F)(F)F)ncc1C#N)(C3)C2. The number of ether oxygens (including phenoxy) is 2. The van der Waals surface area contributed by atoms with Crippen LogP contribution in [0.3, 0.4) is 0 Å². The molecule has 2 aromatic rings. The molecule has 1 aromatic heterocycles. The molecule has 1 heterocycles. The lowest BCUT2D eigenvalue weighted by Gasteiger charge is -2.60. The number of nitrogens with zero attached hydrogens (tertiary/aromatic N) is 3. The third kappa shape index (κ3) is 6.94. The summed E-state index contributed by atoms with van der Waals surface area (Å²) in [5, 5.41) is 19.1. The van der Waals surface area contributed by atoms with Crippen LogP contribution in [0.15, 0.2) is 30.5 Å². The van der Waals surface area contributed by atoms with Crippen LogP contribution >= 0.6 is 0 Å². The molecule has 1 amide bonds. The minimum absolute atomic E-state index is 0.00138. The number of alkyl halides is 3. The maximum Gasteiger partial charge on any atom is 0.573 e. The first-order valence-electron chi connectivity index (χ1n) is 13.9. The van der Waals surface area contributed by atoms with Gasteiger partial charge in [-0.25, -0.2) is 9.78 Å². The lowest BCUT2D eigenvalue weighted by atomic mass is 9.48. The second-order valence-corrected chi connectivity index (χ2v) is 12.6. The third-order valence-corrected chi connectivity index (χ3v) is 8.26. The highest BCUT2D eigenvalue weighted by atomic mass is 19.4. The predicted molar refractivity (Wildman–Crippen MR) is 145 cm³/mol. The van der Waals surface area contributed by atoms with Crippen LogP contribution in [0, 0.1) is 34.5 Å². The van der Waals surface area contributed by atoms with Gasteiger partial charge < -0.3 is 25.4 Å². The van der Waals surface area contributed by atoms with Gasteiger partial charge in [-0.3, -0.25) is 0 Å². The second-order valence-electron chi connectivity index (χ2n) is 12.6. The largest absolute Gasteiger partial charge is 0.573 e. The molecule has 4 aliphatic rings. The summed E-state index contributed by atoms with van der Waals surface area (Å²) in [7, 11) is 0. The molecule has 2 atom stereocenters. The van der Waals surface area contributed by atoms with Crippen molar-refractivity contribution in [1.82, 2.24) is 15.3 Å². The van der Waals surface area contributed by atoms with Crippen molar-refractivity contribution in [2.24, 2.45) is 23.2 Å². The van der Waals surface area contributed by atoms with E-state index in [2.05, 4.69) is 36.7 Å². The summed E-state index contributed by atoms with van der Waals surface area (Å²) in [6.07, 6.45) is 1.40. The maximum absolute atomic E-state index is 12.8. The van der Waals surface area contributed by atoms with Gasteiger partial charge in [-0.2, -0.15) is 10.2 Å². The first kappa shape index (κ1) is 28.8. The van der Waals surface area contributed by atoms with E-state index >= 15 is 0 Å². The number of benzene rings is 1. The van der Waals surface area contributed by atoms with E-state index in [0.29, 0.717) is 30.1 Å². The average molecular weight is 573 g/mol. The van der Waals surface area contributed by atoms with Gasteiger partial charge in [0.05, 0.1) is 6.20 Å². The molecule has 9 nitrogen and oxygen atoms in total. The van der Waals surface area contributed by atoms with Crippen LogP contribution in [0.5, 0.6) is 5.75 Å². The Bertz CT molecular complexity index is 1310. The van der Waals surface area contributed by atoms with Crippen molar-refractivity contribution in [1.29, 1.82) is 5.26 Å². The van der Waals surface area contributed by atoms with E-state index in [1.54, 1.807) is 6.07 Å². The summed E-state index contributed by atoms with van der Waals surface area (Å²) in [5.41, 5.74) is 0.0493. The van der Waals surface area contributed by atoms with Gasteiger partial charge in [0.15, 0.2) is 0 Å². The summed E-state index contributed by atoms with van der Waals surface area (Å²) in [6.45, 7) is 6.19. The highest BCUT2D eigenvalue weighted by Crippen LogP contribution is 2.60. The number of para-hydroxylation sites is 1. The Morgan fingerprint density at radius 1 is 1.12 bits per heavy atom. The van der Waals surface area contributed by atoms with Gasteiger partial charge in [0.25, 0.3) is 0 Å². The number of carbonyl (C=O) groups excluding carboxylic acids is 1. The van der Waals surface area contributed by atoms with Gasteiger partial charge in [0.2, 0.25) is 5.95 Å². The zero-order valence-electron chi connectivity index (χ0n) is 23.3. The highest BCUT2D eigenvalue weighted by Gasteiger charge is 2.55. The van der Waals surface area contributed by atoms with Gasteiger partial charge in [-0.05, 0) is 82.1 Å². The van der Waals surface area contributed by atoms with Gasteiger partial charge in [0.1, 0.15) is 28.8 Å². The number of hydrogen-bond donors (Lipinski definition) is 3. The fourth-order valence-electron chi connectivity index (χ4n) is 7.09. The number of halogens is 3. The highest BCUT2D eigenvalue weighted by molar-refractivity contribution is 5.68. The quantitative estimate of drug-likeness (QED) is 0.353. The van der Waals surface area contributed by atoms with Crippen molar-refractivity contribution >= 4 is 17.9 Å². The number of alkyl carbamates (subject to hydrolysis) is 1. The molecule has 4 saturated carbocycles. The summed E-state index contributed by atoms with van der Waals surface area (Å²) in [5.74, 6) is 1.59. The minimum Gasteiger partial charge on any atom is -0.444 e. The zero-order valence-corrected chi connectivity index (χ0v) is 23.3. The molecule has 1 aromatic carbocycles. The molecule has 0 spiro atoms. The van der Waals surface area contributed by atoms with Gasteiger partial charge in [0, 0.05) is 24.7 Å². The fourth-order valence-corrected chi connectivity index (χ4v) is 7.09. The maximum atomic E-state index is 12.8. The van der Waals surface area contributed by atoms with E-state index in [9.17, 15) is 23.2 Å². The van der Waals surface area contributed by atoms with E-state index in [0.717, 1.165) is 32.1 Å². The molecular formula is C29H35F3N6O3. The first-order valence-corrected chi connectivity index (χ1v) is 13.9. The van der Waals surface area contributed by atoms with Crippen molar-refractivity contribution in [3.63, 3.8) is 0 Å². The van der Waals surface area contributed by atoms with Gasteiger partial charge in [-0.1, -0.05) is 18.2 Å². The van der Waals surface area contributed by atoms with Crippen LogP contribution in [0.2, 0.25) is 0 Å². The van der Waals surface area contributed by atoms with Crippen LogP contribution in [0.4, 0.5) is 29.7 Å². The van der Waals surface area contributed by atoms with Crippen LogP contribution in [-0.4, -0.2) is 40.6 Å². The van der Waals surface area contributed by atoms with Crippen LogP contribution in [0.25, 0.3) is 0 Å². The Hall–Kier alpha value is -3.75. The van der Waals surface area contributed by atoms with Crippen molar-refractivity contribution in [3.05, 3.63) is 41.6 Å². The Morgan fingerprint density at radius 3 is 2.49 bits per heavy atom. The van der Waals surface area contributed by atoms with Crippen molar-refractivity contribution in [2.75, 3.05) is 17.2 Å². The molecule has 220 valence electrons. The van der Waals surface area contributed by atoms with Crippen molar-refractivity contribution in [2.45, 2.75) is 77.4 Å².